The molecule has 0 amide bonds. The van der Waals surface area contributed by atoms with Gasteiger partial charge in [-0.05, 0) is 43.2 Å². The minimum absolute atomic E-state index is 0.363. The molecule has 0 aliphatic rings. The number of hydrogen-bond donors (Lipinski definition) is 0. The van der Waals surface area contributed by atoms with Crippen LogP contribution in [0.3, 0.4) is 0 Å². The number of carbonyl (C=O) groups is 1. The number of carbonyl (C=O) groups excluding carboxylic acids is 1. The zero-order chi connectivity index (χ0) is 19.4. The molecule has 0 unspecified atom stereocenters. The number of thiazole rings is 1. The van der Waals surface area contributed by atoms with Crippen molar-refractivity contribution in [3.8, 4) is 23.1 Å². The predicted octanol–water partition coefficient (Wildman–Crippen LogP) is 5.42. The summed E-state index contributed by atoms with van der Waals surface area (Å²) in [5.74, 6) is 0.113. The quantitative estimate of drug-likeness (QED) is 0.348. The van der Waals surface area contributed by atoms with Crippen LogP contribution in [0.15, 0.2) is 47.8 Å². The van der Waals surface area contributed by atoms with Gasteiger partial charge in [0.05, 0.1) is 11.3 Å². The van der Waals surface area contributed by atoms with E-state index in [0.29, 0.717) is 16.3 Å². The van der Waals surface area contributed by atoms with Gasteiger partial charge in [-0.2, -0.15) is 5.26 Å². The van der Waals surface area contributed by atoms with Crippen LogP contribution in [0.5, 0.6) is 5.75 Å². The van der Waals surface area contributed by atoms with Gasteiger partial charge in [-0.15, -0.1) is 11.3 Å². The Hall–Kier alpha value is -3.23. The molecule has 0 aliphatic heterocycles. The minimum Gasteiger partial charge on any atom is -0.427 e. The maximum Gasteiger partial charge on any atom is 0.308 e. The van der Waals surface area contributed by atoms with Gasteiger partial charge in [0, 0.05) is 17.9 Å². The zero-order valence-corrected chi connectivity index (χ0v) is 16.1. The molecule has 5 heteroatoms. The first-order chi connectivity index (χ1) is 13.0. The van der Waals surface area contributed by atoms with E-state index in [2.05, 4.69) is 43.1 Å². The van der Waals surface area contributed by atoms with Crippen molar-refractivity contribution < 1.29 is 9.53 Å². The van der Waals surface area contributed by atoms with Crippen molar-refractivity contribution in [1.29, 1.82) is 5.26 Å². The number of hydrogen-bond acceptors (Lipinski definition) is 5. The molecule has 0 bridgehead atoms. The number of esters is 1. The van der Waals surface area contributed by atoms with Crippen LogP contribution in [0.1, 0.15) is 28.6 Å². The second kappa shape index (κ2) is 7.98. The van der Waals surface area contributed by atoms with Crippen molar-refractivity contribution in [3.63, 3.8) is 0 Å². The first kappa shape index (κ1) is 18.6. The first-order valence-corrected chi connectivity index (χ1v) is 9.28. The van der Waals surface area contributed by atoms with Crippen LogP contribution in [0.4, 0.5) is 0 Å². The topological polar surface area (TPSA) is 63.0 Å². The molecule has 0 N–H and O–H groups in total. The van der Waals surface area contributed by atoms with E-state index in [1.54, 1.807) is 30.3 Å². The van der Waals surface area contributed by atoms with Crippen LogP contribution >= 0.6 is 11.3 Å². The highest BCUT2D eigenvalue weighted by Gasteiger charge is 2.11. The van der Waals surface area contributed by atoms with Crippen molar-refractivity contribution in [2.45, 2.75) is 20.8 Å². The van der Waals surface area contributed by atoms with E-state index in [1.165, 1.54) is 23.8 Å². The highest BCUT2D eigenvalue weighted by molar-refractivity contribution is 7.11. The Bertz CT molecular complexity index is 1060. The van der Waals surface area contributed by atoms with Crippen molar-refractivity contribution in [1.82, 2.24) is 4.98 Å². The van der Waals surface area contributed by atoms with Gasteiger partial charge in [0.1, 0.15) is 16.8 Å². The van der Waals surface area contributed by atoms with Crippen molar-refractivity contribution in [3.05, 3.63) is 69.5 Å². The van der Waals surface area contributed by atoms with Crippen LogP contribution in [-0.4, -0.2) is 11.0 Å². The lowest BCUT2D eigenvalue weighted by molar-refractivity contribution is -0.131. The van der Waals surface area contributed by atoms with Gasteiger partial charge in [-0.1, -0.05) is 35.9 Å². The monoisotopic (exact) mass is 374 g/mol. The van der Waals surface area contributed by atoms with Crippen LogP contribution in [0.2, 0.25) is 0 Å². The molecule has 0 fully saturated rings. The molecule has 2 aromatic carbocycles. The number of nitriles is 1. The molecule has 27 heavy (non-hydrogen) atoms. The van der Waals surface area contributed by atoms with E-state index in [4.69, 9.17) is 4.74 Å². The van der Waals surface area contributed by atoms with E-state index in [-0.39, 0.29) is 5.97 Å². The molecule has 3 aromatic rings. The molecular formula is C22H18N2O2S. The van der Waals surface area contributed by atoms with Gasteiger partial charge in [0.15, 0.2) is 0 Å². The Morgan fingerprint density at radius 1 is 1.19 bits per heavy atom. The van der Waals surface area contributed by atoms with Crippen molar-refractivity contribution in [2.75, 3.05) is 0 Å². The molecule has 0 spiro atoms. The highest BCUT2D eigenvalue weighted by atomic mass is 32.1. The third kappa shape index (κ3) is 4.49. The van der Waals surface area contributed by atoms with Crippen LogP contribution in [-0.2, 0) is 4.79 Å². The molecule has 0 radical (unpaired) electrons. The maximum atomic E-state index is 11.0. The second-order valence-corrected chi connectivity index (χ2v) is 7.05. The number of rotatable bonds is 4. The van der Waals surface area contributed by atoms with Gasteiger partial charge in [0.25, 0.3) is 0 Å². The number of aromatic nitrogens is 1. The SMILES string of the molecule is CC(=O)Oc1ccc(/C=C(/C#N)c2nc(-c3ccc(C)cc3C)cs2)cc1. The third-order valence-electron chi connectivity index (χ3n) is 3.97. The van der Waals surface area contributed by atoms with E-state index in [9.17, 15) is 10.1 Å². The first-order valence-electron chi connectivity index (χ1n) is 8.40. The van der Waals surface area contributed by atoms with Gasteiger partial charge >= 0.3 is 5.97 Å². The summed E-state index contributed by atoms with van der Waals surface area (Å²) in [5.41, 5.74) is 5.66. The standard InChI is InChI=1S/C22H18N2O2S/c1-14-4-9-20(15(2)10-14)21-13-27-22(24-21)18(12-23)11-17-5-7-19(8-6-17)26-16(3)25/h4-11,13H,1-3H3/b18-11-. The van der Waals surface area contributed by atoms with E-state index in [0.717, 1.165) is 22.4 Å². The summed E-state index contributed by atoms with van der Waals surface area (Å²) in [6.45, 7) is 5.48. The largest absolute Gasteiger partial charge is 0.427 e. The number of allylic oxidation sites excluding steroid dienone is 1. The predicted molar refractivity (Wildman–Crippen MR) is 108 cm³/mol. The summed E-state index contributed by atoms with van der Waals surface area (Å²) < 4.78 is 5.02. The van der Waals surface area contributed by atoms with Crippen LogP contribution < -0.4 is 4.74 Å². The summed E-state index contributed by atoms with van der Waals surface area (Å²) in [4.78, 5) is 15.6. The molecule has 0 atom stereocenters. The molecule has 1 heterocycles. The fourth-order valence-corrected chi connectivity index (χ4v) is 3.51. The van der Waals surface area contributed by atoms with Gasteiger partial charge in [-0.25, -0.2) is 4.98 Å². The smallest absolute Gasteiger partial charge is 0.308 e. The minimum atomic E-state index is -0.363. The highest BCUT2D eigenvalue weighted by Crippen LogP contribution is 2.29. The molecule has 0 saturated carbocycles. The molecule has 1 aromatic heterocycles. The molecule has 0 aliphatic carbocycles. The van der Waals surface area contributed by atoms with E-state index in [1.807, 2.05) is 5.38 Å². The Labute approximate surface area is 162 Å². The van der Waals surface area contributed by atoms with Crippen molar-refractivity contribution >= 4 is 29.0 Å². The fourth-order valence-electron chi connectivity index (χ4n) is 2.73. The van der Waals surface area contributed by atoms with E-state index >= 15 is 0 Å². The number of benzene rings is 2. The summed E-state index contributed by atoms with van der Waals surface area (Å²) in [6, 6.07) is 15.5. The summed E-state index contributed by atoms with van der Waals surface area (Å²) >= 11 is 1.45. The van der Waals surface area contributed by atoms with Gasteiger partial charge in [0.2, 0.25) is 0 Å². The normalized spacial score (nSPS) is 11.1. The Morgan fingerprint density at radius 2 is 1.93 bits per heavy atom. The van der Waals surface area contributed by atoms with E-state index < -0.39 is 0 Å². The Kier molecular flexibility index (Phi) is 5.49. The van der Waals surface area contributed by atoms with Crippen LogP contribution in [0, 0.1) is 25.2 Å². The maximum absolute atomic E-state index is 11.0. The number of aryl methyl sites for hydroxylation is 2. The lowest BCUT2D eigenvalue weighted by Crippen LogP contribution is -2.00. The summed E-state index contributed by atoms with van der Waals surface area (Å²) in [5, 5.41) is 12.2. The molecule has 0 saturated heterocycles. The lowest BCUT2D eigenvalue weighted by Gasteiger charge is -2.03. The lowest BCUT2D eigenvalue weighted by atomic mass is 10.0. The average molecular weight is 374 g/mol. The van der Waals surface area contributed by atoms with Crippen LogP contribution in [0.25, 0.3) is 22.9 Å². The fraction of sp³-hybridized carbons (Fsp3) is 0.136. The molecular weight excluding hydrogens is 356 g/mol. The molecule has 3 rings (SSSR count). The Balaban J connectivity index is 1.88. The zero-order valence-electron chi connectivity index (χ0n) is 15.3. The third-order valence-corrected chi connectivity index (χ3v) is 4.84. The Morgan fingerprint density at radius 3 is 2.56 bits per heavy atom. The van der Waals surface area contributed by atoms with Crippen molar-refractivity contribution in [2.24, 2.45) is 0 Å². The van der Waals surface area contributed by atoms with Gasteiger partial charge in [-0.3, -0.25) is 4.79 Å². The second-order valence-electron chi connectivity index (χ2n) is 6.19. The van der Waals surface area contributed by atoms with Gasteiger partial charge < -0.3 is 4.74 Å². The summed E-state index contributed by atoms with van der Waals surface area (Å²) in [7, 11) is 0. The number of nitrogens with zero attached hydrogens (tertiary/aromatic N) is 2. The molecule has 134 valence electrons. The summed E-state index contributed by atoms with van der Waals surface area (Å²) in [6.07, 6.45) is 1.78. The average Bonchev–Trinajstić information content (AvgIpc) is 3.10. The molecule has 4 nitrogen and oxygen atoms in total. The number of ether oxygens (including phenoxy) is 1.